The van der Waals surface area contributed by atoms with Gasteiger partial charge in [0.25, 0.3) is 0 Å². The van der Waals surface area contributed by atoms with Crippen molar-refractivity contribution in [3.8, 4) is 0 Å². The van der Waals surface area contributed by atoms with Gasteiger partial charge in [0.1, 0.15) is 6.10 Å². The highest BCUT2D eigenvalue weighted by Crippen LogP contribution is 2.66. The number of aliphatic hydroxyl groups is 1. The smallest absolute Gasteiger partial charge is 0.302 e. The zero-order valence-electron chi connectivity index (χ0n) is 16.7. The lowest BCUT2D eigenvalue weighted by Crippen LogP contribution is -2.66. The lowest BCUT2D eigenvalue weighted by Gasteiger charge is -2.65. The Morgan fingerprint density at radius 3 is 2.48 bits per heavy atom. The van der Waals surface area contributed by atoms with Crippen LogP contribution >= 0.6 is 0 Å². The quantitative estimate of drug-likeness (QED) is 0.571. The number of allylic oxidation sites excluding steroid dienone is 1. The van der Waals surface area contributed by atoms with Crippen molar-refractivity contribution in [1.29, 1.82) is 0 Å². The van der Waals surface area contributed by atoms with E-state index in [4.69, 9.17) is 4.74 Å². The molecule has 0 bridgehead atoms. The molecule has 25 heavy (non-hydrogen) atoms. The highest BCUT2D eigenvalue weighted by Gasteiger charge is 2.65. The monoisotopic (exact) mass is 348 g/mol. The van der Waals surface area contributed by atoms with Gasteiger partial charge in [-0.3, -0.25) is 4.79 Å². The van der Waals surface area contributed by atoms with Crippen molar-refractivity contribution in [1.82, 2.24) is 0 Å². The number of carbonyl (C=O) groups is 1. The second-order valence-corrected chi connectivity index (χ2v) is 10.4. The molecular formula is C22H36O3. The Morgan fingerprint density at radius 1 is 1.20 bits per heavy atom. The summed E-state index contributed by atoms with van der Waals surface area (Å²) in [7, 11) is 0. The highest BCUT2D eigenvalue weighted by atomic mass is 16.5. The molecular weight excluding hydrogens is 312 g/mol. The number of hydrogen-bond acceptors (Lipinski definition) is 3. The van der Waals surface area contributed by atoms with Gasteiger partial charge >= 0.3 is 5.97 Å². The first-order valence-electron chi connectivity index (χ1n) is 9.99. The number of hydrogen-bond donors (Lipinski definition) is 1. The van der Waals surface area contributed by atoms with Crippen LogP contribution in [-0.2, 0) is 9.53 Å². The Kier molecular flexibility index (Phi) is 4.42. The van der Waals surface area contributed by atoms with Crippen LogP contribution < -0.4 is 0 Å². The van der Waals surface area contributed by atoms with Gasteiger partial charge in [0.2, 0.25) is 0 Å². The second-order valence-electron chi connectivity index (χ2n) is 10.4. The topological polar surface area (TPSA) is 46.5 Å². The molecule has 6 atom stereocenters. The van der Waals surface area contributed by atoms with E-state index >= 15 is 0 Å². The average Bonchev–Trinajstić information content (AvgIpc) is 2.43. The number of ether oxygens (including phenoxy) is 1. The van der Waals surface area contributed by atoms with Crippen molar-refractivity contribution in [2.45, 2.75) is 91.3 Å². The molecule has 1 N–H and O–H groups in total. The minimum Gasteiger partial charge on any atom is -0.462 e. The molecule has 3 saturated carbocycles. The fraction of sp³-hybridized carbons (Fsp3) is 0.864. The van der Waals surface area contributed by atoms with Crippen LogP contribution in [0.5, 0.6) is 0 Å². The molecule has 3 heteroatoms. The number of rotatable bonds is 2. The number of esters is 1. The first kappa shape index (κ1) is 18.9. The van der Waals surface area contributed by atoms with Crippen LogP contribution in [0, 0.1) is 28.1 Å². The molecule has 0 spiro atoms. The third kappa shape index (κ3) is 2.97. The van der Waals surface area contributed by atoms with Crippen molar-refractivity contribution < 1.29 is 14.6 Å². The fourth-order valence-electron chi connectivity index (χ4n) is 7.22. The molecule has 0 saturated heterocycles. The Balaban J connectivity index is 2.06. The summed E-state index contributed by atoms with van der Waals surface area (Å²) in [5, 5.41) is 11.8. The molecule has 0 amide bonds. The normalized spacial score (nSPS) is 48.8. The fourth-order valence-corrected chi connectivity index (χ4v) is 7.22. The lowest BCUT2D eigenvalue weighted by atomic mass is 9.41. The maximum Gasteiger partial charge on any atom is 0.302 e. The maximum atomic E-state index is 11.9. The Hall–Kier alpha value is -0.830. The highest BCUT2D eigenvalue weighted by molar-refractivity contribution is 5.66. The minimum atomic E-state index is -0.764. The zero-order chi connectivity index (χ0) is 18.7. The summed E-state index contributed by atoms with van der Waals surface area (Å²) < 4.78 is 5.86. The molecule has 0 heterocycles. The van der Waals surface area contributed by atoms with Gasteiger partial charge in [0, 0.05) is 12.8 Å². The van der Waals surface area contributed by atoms with Gasteiger partial charge in [-0.2, -0.15) is 0 Å². The molecule has 0 aromatic carbocycles. The molecule has 3 fully saturated rings. The number of fused-ring (bicyclic) bond motifs is 3. The average molecular weight is 349 g/mol. The molecule has 3 rings (SSSR count). The lowest BCUT2D eigenvalue weighted by molar-refractivity contribution is -0.243. The molecule has 0 aromatic rings. The van der Waals surface area contributed by atoms with Gasteiger partial charge in [-0.25, -0.2) is 0 Å². The van der Waals surface area contributed by atoms with Gasteiger partial charge in [0.05, 0.1) is 5.60 Å². The van der Waals surface area contributed by atoms with Crippen molar-refractivity contribution in [3.05, 3.63) is 12.7 Å². The van der Waals surface area contributed by atoms with Crippen LogP contribution in [0.15, 0.2) is 12.7 Å². The molecule has 0 aromatic heterocycles. The van der Waals surface area contributed by atoms with Crippen LogP contribution in [0.1, 0.15) is 79.6 Å². The van der Waals surface area contributed by atoms with E-state index in [1.54, 1.807) is 0 Å². The van der Waals surface area contributed by atoms with Crippen LogP contribution in [0.25, 0.3) is 0 Å². The Morgan fingerprint density at radius 2 is 1.88 bits per heavy atom. The molecule has 3 aliphatic rings. The maximum absolute atomic E-state index is 11.9. The second kappa shape index (κ2) is 5.84. The van der Waals surface area contributed by atoms with Crippen LogP contribution in [0.4, 0.5) is 0 Å². The Labute approximate surface area is 153 Å². The largest absolute Gasteiger partial charge is 0.462 e. The molecule has 0 radical (unpaired) electrons. The summed E-state index contributed by atoms with van der Waals surface area (Å²) in [6.07, 6.45) is 8.67. The SMILES string of the molecule is C=CC1(C)CC(OC(C)=O)C2C(O)(CCC3C(C)(C)CCCC32C)C1. The van der Waals surface area contributed by atoms with E-state index in [1.807, 2.05) is 6.08 Å². The van der Waals surface area contributed by atoms with Gasteiger partial charge in [-0.1, -0.05) is 40.2 Å². The van der Waals surface area contributed by atoms with E-state index in [1.165, 1.54) is 19.8 Å². The molecule has 3 aliphatic carbocycles. The van der Waals surface area contributed by atoms with E-state index in [9.17, 15) is 9.90 Å². The minimum absolute atomic E-state index is 0.0234. The van der Waals surface area contributed by atoms with E-state index in [-0.39, 0.29) is 34.2 Å². The molecule has 6 unspecified atom stereocenters. The summed E-state index contributed by atoms with van der Waals surface area (Å²) in [6.45, 7) is 14.8. The summed E-state index contributed by atoms with van der Waals surface area (Å²) in [5.41, 5.74) is -0.635. The molecule has 0 aliphatic heterocycles. The summed E-state index contributed by atoms with van der Waals surface area (Å²) in [6, 6.07) is 0. The van der Waals surface area contributed by atoms with Gasteiger partial charge in [-0.15, -0.1) is 6.58 Å². The van der Waals surface area contributed by atoms with Crippen LogP contribution in [0.2, 0.25) is 0 Å². The number of carbonyl (C=O) groups excluding carboxylic acids is 1. The van der Waals surface area contributed by atoms with Crippen molar-refractivity contribution in [3.63, 3.8) is 0 Å². The predicted octanol–water partition coefficient (Wildman–Crippen LogP) is 4.88. The van der Waals surface area contributed by atoms with E-state index < -0.39 is 5.60 Å². The van der Waals surface area contributed by atoms with Crippen molar-refractivity contribution in [2.24, 2.45) is 28.1 Å². The van der Waals surface area contributed by atoms with E-state index in [0.29, 0.717) is 5.92 Å². The summed E-state index contributed by atoms with van der Waals surface area (Å²) in [5.74, 6) is 0.363. The van der Waals surface area contributed by atoms with Crippen molar-refractivity contribution >= 4 is 5.97 Å². The molecule has 3 nitrogen and oxygen atoms in total. The first-order chi connectivity index (χ1) is 11.5. The predicted molar refractivity (Wildman–Crippen MR) is 100.0 cm³/mol. The third-order valence-electron chi connectivity index (χ3n) is 7.99. The summed E-state index contributed by atoms with van der Waals surface area (Å²) >= 11 is 0. The van der Waals surface area contributed by atoms with Gasteiger partial charge in [-0.05, 0) is 60.7 Å². The first-order valence-corrected chi connectivity index (χ1v) is 9.99. The Bertz CT molecular complexity index is 568. The van der Waals surface area contributed by atoms with Crippen LogP contribution in [0.3, 0.4) is 0 Å². The van der Waals surface area contributed by atoms with E-state index in [0.717, 1.165) is 32.1 Å². The molecule has 142 valence electrons. The zero-order valence-corrected chi connectivity index (χ0v) is 16.7. The van der Waals surface area contributed by atoms with Crippen LogP contribution in [-0.4, -0.2) is 22.8 Å². The third-order valence-corrected chi connectivity index (χ3v) is 7.99. The van der Waals surface area contributed by atoms with E-state index in [2.05, 4.69) is 34.3 Å². The van der Waals surface area contributed by atoms with Gasteiger partial charge in [0.15, 0.2) is 0 Å². The summed E-state index contributed by atoms with van der Waals surface area (Å²) in [4.78, 5) is 11.9. The standard InChI is InChI=1S/C22H36O3/c1-7-20(5)13-16(25-15(2)23)18-21(6)11-8-10-19(3,4)17(21)9-12-22(18,24)14-20/h7,16-18,24H,1,8-14H2,2-6H3. The van der Waals surface area contributed by atoms with Gasteiger partial charge < -0.3 is 9.84 Å². The van der Waals surface area contributed by atoms with Crippen molar-refractivity contribution in [2.75, 3.05) is 0 Å².